The van der Waals surface area contributed by atoms with E-state index in [-0.39, 0.29) is 24.4 Å². The smallest absolute Gasteiger partial charge is 0.419 e. The van der Waals surface area contributed by atoms with E-state index in [4.69, 9.17) is 5.73 Å². The van der Waals surface area contributed by atoms with Crippen molar-refractivity contribution >= 4 is 18.4 Å². The van der Waals surface area contributed by atoms with Crippen molar-refractivity contribution in [2.24, 2.45) is 5.73 Å². The number of benzene rings is 1. The fourth-order valence-electron chi connectivity index (χ4n) is 1.37. The number of ether oxygens (including phenoxy) is 1. The highest BCUT2D eigenvalue weighted by Gasteiger charge is 2.34. The number of hydrogen-bond acceptors (Lipinski definition) is 3. The summed E-state index contributed by atoms with van der Waals surface area (Å²) in [5, 5.41) is 0. The van der Waals surface area contributed by atoms with E-state index in [1.165, 1.54) is 0 Å². The van der Waals surface area contributed by atoms with E-state index in [1.807, 2.05) is 0 Å². The van der Waals surface area contributed by atoms with Gasteiger partial charge in [0.2, 0.25) is 0 Å². The molecule has 0 heterocycles. The lowest BCUT2D eigenvalue weighted by atomic mass is 10.0. The molecule has 0 radical (unpaired) electrons. The van der Waals surface area contributed by atoms with Gasteiger partial charge in [0.05, 0.1) is 19.1 Å². The minimum atomic E-state index is -4.75. The summed E-state index contributed by atoms with van der Waals surface area (Å²) in [4.78, 5) is 10.9. The maximum Gasteiger partial charge on any atom is 0.419 e. The molecule has 1 aromatic rings. The molecule has 0 spiro atoms. The molecule has 1 rings (SSSR count). The lowest BCUT2D eigenvalue weighted by Gasteiger charge is -2.13. The number of hydrogen-bond donors (Lipinski definition) is 1. The van der Waals surface area contributed by atoms with Gasteiger partial charge in [0, 0.05) is 6.04 Å². The van der Waals surface area contributed by atoms with Crippen LogP contribution in [0.25, 0.3) is 0 Å². The second-order valence-electron chi connectivity index (χ2n) is 3.62. The monoisotopic (exact) mass is 301 g/mol. The van der Waals surface area contributed by atoms with Crippen LogP contribution in [0.5, 0.6) is 0 Å². The molecule has 0 aliphatic heterocycles. The number of esters is 1. The van der Waals surface area contributed by atoms with Gasteiger partial charge >= 0.3 is 12.1 Å². The molecule has 0 amide bonds. The third-order valence-electron chi connectivity index (χ3n) is 2.34. The highest BCUT2D eigenvalue weighted by atomic mass is 35.5. The molecule has 1 aromatic carbocycles. The van der Waals surface area contributed by atoms with Crippen LogP contribution in [0.4, 0.5) is 17.6 Å². The van der Waals surface area contributed by atoms with Crippen molar-refractivity contribution < 1.29 is 27.1 Å². The summed E-state index contributed by atoms with van der Waals surface area (Å²) in [6.45, 7) is 0. The minimum Gasteiger partial charge on any atom is -0.469 e. The Balaban J connectivity index is 0.00000324. The Bertz CT molecular complexity index is 451. The molecule has 19 heavy (non-hydrogen) atoms. The van der Waals surface area contributed by atoms with E-state index < -0.39 is 29.6 Å². The van der Waals surface area contributed by atoms with Crippen molar-refractivity contribution in [1.82, 2.24) is 0 Å². The second-order valence-corrected chi connectivity index (χ2v) is 3.62. The van der Waals surface area contributed by atoms with Gasteiger partial charge in [0.1, 0.15) is 5.82 Å². The molecular formula is C11H12ClF4NO2. The highest BCUT2D eigenvalue weighted by molar-refractivity contribution is 5.85. The normalized spacial score (nSPS) is 12.5. The molecule has 0 aromatic heterocycles. The number of carbonyl (C=O) groups is 1. The van der Waals surface area contributed by atoms with E-state index in [1.54, 1.807) is 0 Å². The van der Waals surface area contributed by atoms with E-state index >= 15 is 0 Å². The van der Waals surface area contributed by atoms with Crippen LogP contribution in [0.1, 0.15) is 23.6 Å². The summed E-state index contributed by atoms with van der Waals surface area (Å²) < 4.78 is 54.5. The van der Waals surface area contributed by atoms with Gasteiger partial charge in [-0.15, -0.1) is 12.4 Å². The van der Waals surface area contributed by atoms with Crippen LogP contribution in [0, 0.1) is 5.82 Å². The molecular weight excluding hydrogens is 290 g/mol. The third-order valence-corrected chi connectivity index (χ3v) is 2.34. The Kier molecular flexibility index (Phi) is 6.24. The number of rotatable bonds is 3. The Morgan fingerprint density at radius 2 is 2.00 bits per heavy atom. The van der Waals surface area contributed by atoms with Gasteiger partial charge in [0.15, 0.2) is 0 Å². The van der Waals surface area contributed by atoms with Gasteiger partial charge in [-0.3, -0.25) is 4.79 Å². The van der Waals surface area contributed by atoms with E-state index in [9.17, 15) is 22.4 Å². The summed E-state index contributed by atoms with van der Waals surface area (Å²) in [5.74, 6) is -2.04. The lowest BCUT2D eigenvalue weighted by molar-refractivity contribution is -0.141. The molecule has 0 fully saturated rings. The first-order chi connectivity index (χ1) is 8.25. The third kappa shape index (κ3) is 4.68. The van der Waals surface area contributed by atoms with Crippen LogP contribution >= 0.6 is 12.4 Å². The van der Waals surface area contributed by atoms with Crippen LogP contribution in [0.2, 0.25) is 0 Å². The second kappa shape index (κ2) is 6.72. The maximum absolute atomic E-state index is 13.2. The largest absolute Gasteiger partial charge is 0.469 e. The first kappa shape index (κ1) is 17.7. The molecule has 108 valence electrons. The van der Waals surface area contributed by atoms with Crippen LogP contribution < -0.4 is 5.73 Å². The summed E-state index contributed by atoms with van der Waals surface area (Å²) in [6, 6.07) is 1.41. The summed E-state index contributed by atoms with van der Waals surface area (Å²) >= 11 is 0. The lowest BCUT2D eigenvalue weighted by Crippen LogP contribution is -2.17. The van der Waals surface area contributed by atoms with Gasteiger partial charge < -0.3 is 10.5 Å². The fraction of sp³-hybridized carbons (Fsp3) is 0.364. The zero-order valence-corrected chi connectivity index (χ0v) is 10.6. The van der Waals surface area contributed by atoms with Crippen molar-refractivity contribution in [2.45, 2.75) is 18.6 Å². The Morgan fingerprint density at radius 1 is 1.42 bits per heavy atom. The molecule has 0 aliphatic rings. The molecule has 0 aliphatic carbocycles. The topological polar surface area (TPSA) is 52.3 Å². The van der Waals surface area contributed by atoms with Crippen LogP contribution in [-0.2, 0) is 15.7 Å². The van der Waals surface area contributed by atoms with Crippen molar-refractivity contribution in [1.29, 1.82) is 0 Å². The molecule has 0 unspecified atom stereocenters. The summed E-state index contributed by atoms with van der Waals surface area (Å²) in [6.07, 6.45) is -4.99. The predicted molar refractivity (Wildman–Crippen MR) is 62.2 cm³/mol. The SMILES string of the molecule is COC(=O)C[C@H](N)c1ccc(C(F)(F)F)c(F)c1.Cl. The van der Waals surface area contributed by atoms with E-state index in [0.29, 0.717) is 12.1 Å². The molecule has 8 heteroatoms. The van der Waals surface area contributed by atoms with Crippen molar-refractivity contribution in [3.63, 3.8) is 0 Å². The van der Waals surface area contributed by atoms with Crippen molar-refractivity contribution in [3.05, 3.63) is 35.1 Å². The van der Waals surface area contributed by atoms with Gasteiger partial charge in [-0.2, -0.15) is 13.2 Å². The number of methoxy groups -OCH3 is 1. The first-order valence-corrected chi connectivity index (χ1v) is 4.94. The predicted octanol–water partition coefficient (Wildman–Crippen LogP) is 2.83. The molecule has 0 bridgehead atoms. The fourth-order valence-corrected chi connectivity index (χ4v) is 1.37. The van der Waals surface area contributed by atoms with Crippen LogP contribution in [0.15, 0.2) is 18.2 Å². The standard InChI is InChI=1S/C11H11F4NO2.ClH/c1-18-10(17)5-9(16)6-2-3-7(8(12)4-6)11(13,14)15;/h2-4,9H,5,16H2,1H3;1H/t9-;/m0./s1. The molecule has 0 saturated carbocycles. The zero-order valence-electron chi connectivity index (χ0n) is 9.83. The highest BCUT2D eigenvalue weighted by Crippen LogP contribution is 2.32. The molecule has 0 saturated heterocycles. The quantitative estimate of drug-likeness (QED) is 0.690. The van der Waals surface area contributed by atoms with Crippen molar-refractivity contribution in [3.8, 4) is 0 Å². The van der Waals surface area contributed by atoms with Crippen LogP contribution in [-0.4, -0.2) is 13.1 Å². The van der Waals surface area contributed by atoms with Gasteiger partial charge in [0.25, 0.3) is 0 Å². The number of nitrogens with two attached hydrogens (primary N) is 1. The molecule has 1 atom stereocenters. The number of alkyl halides is 3. The Hall–Kier alpha value is -1.34. The molecule has 2 N–H and O–H groups in total. The number of carbonyl (C=O) groups excluding carboxylic acids is 1. The molecule has 3 nitrogen and oxygen atoms in total. The van der Waals surface area contributed by atoms with Gasteiger partial charge in [-0.05, 0) is 17.7 Å². The minimum absolute atomic E-state index is 0. The van der Waals surface area contributed by atoms with Crippen LogP contribution in [0.3, 0.4) is 0 Å². The van der Waals surface area contributed by atoms with E-state index in [2.05, 4.69) is 4.74 Å². The summed E-state index contributed by atoms with van der Waals surface area (Å²) in [7, 11) is 1.16. The number of halogens is 5. The van der Waals surface area contributed by atoms with Gasteiger partial charge in [-0.25, -0.2) is 4.39 Å². The summed E-state index contributed by atoms with van der Waals surface area (Å²) in [5.41, 5.74) is 4.29. The van der Waals surface area contributed by atoms with E-state index in [0.717, 1.165) is 13.2 Å². The Labute approximate surface area is 113 Å². The average Bonchev–Trinajstić information content (AvgIpc) is 2.26. The van der Waals surface area contributed by atoms with Crippen molar-refractivity contribution in [2.75, 3.05) is 7.11 Å². The Morgan fingerprint density at radius 3 is 2.42 bits per heavy atom. The van der Waals surface area contributed by atoms with Gasteiger partial charge in [-0.1, -0.05) is 6.07 Å². The average molecular weight is 302 g/mol. The zero-order chi connectivity index (χ0) is 13.9. The maximum atomic E-state index is 13.2. The first-order valence-electron chi connectivity index (χ1n) is 4.94.